The SMILES string of the molecule is O=C(NC1CCN(c2ncnc3cc(Cl)ccc23)CC1)c1ccc(F)cc1.O=C(NC1CCN(c2ncnc3cc(Cl)ccc23)CC1)c1ccccc1I. The molecular formula is C40H36Cl2FIN8O2. The number of carbonyl (C=O) groups excluding carboxylic acids is 2. The molecule has 2 N–H and O–H groups in total. The second-order valence-corrected chi connectivity index (χ2v) is 15.2. The third kappa shape index (κ3) is 8.99. The first kappa shape index (κ1) is 37.6. The summed E-state index contributed by atoms with van der Waals surface area (Å²) < 4.78 is 14.0. The minimum atomic E-state index is -0.349. The van der Waals surface area contributed by atoms with Crippen molar-refractivity contribution >= 4 is 91.0 Å². The average molecular weight is 878 g/mol. The fourth-order valence-electron chi connectivity index (χ4n) is 6.79. The molecule has 54 heavy (non-hydrogen) atoms. The van der Waals surface area contributed by atoms with Gasteiger partial charge < -0.3 is 20.4 Å². The van der Waals surface area contributed by atoms with Crippen molar-refractivity contribution in [1.82, 2.24) is 30.6 Å². The highest BCUT2D eigenvalue weighted by Crippen LogP contribution is 2.29. The zero-order valence-electron chi connectivity index (χ0n) is 29.1. The van der Waals surface area contributed by atoms with E-state index >= 15 is 0 Å². The number of piperidine rings is 2. The molecule has 2 aliphatic rings. The van der Waals surface area contributed by atoms with Crippen molar-refractivity contribution < 1.29 is 14.0 Å². The van der Waals surface area contributed by atoms with Gasteiger partial charge >= 0.3 is 0 Å². The Morgan fingerprint density at radius 1 is 0.648 bits per heavy atom. The number of hydrogen-bond acceptors (Lipinski definition) is 8. The van der Waals surface area contributed by atoms with Crippen molar-refractivity contribution in [2.45, 2.75) is 37.8 Å². The number of halogens is 4. The Hall–Kier alpha value is -4.66. The Bertz CT molecular complexity index is 2280. The van der Waals surface area contributed by atoms with Crippen molar-refractivity contribution in [1.29, 1.82) is 0 Å². The number of anilines is 2. The van der Waals surface area contributed by atoms with E-state index < -0.39 is 0 Å². The largest absolute Gasteiger partial charge is 0.356 e. The van der Waals surface area contributed by atoms with Crippen LogP contribution < -0.4 is 20.4 Å². The minimum absolute atomic E-state index is 0.000535. The van der Waals surface area contributed by atoms with Gasteiger partial charge in [0, 0.05) is 68.2 Å². The molecule has 8 rings (SSSR count). The van der Waals surface area contributed by atoms with Gasteiger partial charge in [0.15, 0.2) is 0 Å². The molecule has 6 aromatic rings. The molecule has 0 aliphatic carbocycles. The summed E-state index contributed by atoms with van der Waals surface area (Å²) in [6.07, 6.45) is 6.52. The van der Waals surface area contributed by atoms with E-state index in [2.05, 4.69) is 63.0 Å². The van der Waals surface area contributed by atoms with Crippen LogP contribution in [0.1, 0.15) is 46.4 Å². The van der Waals surface area contributed by atoms with E-state index in [-0.39, 0.29) is 29.7 Å². The molecule has 0 saturated carbocycles. The maximum atomic E-state index is 13.0. The first-order valence-electron chi connectivity index (χ1n) is 17.6. The molecule has 2 aliphatic heterocycles. The predicted octanol–water partition coefficient (Wildman–Crippen LogP) is 8.11. The molecule has 2 aromatic heterocycles. The van der Waals surface area contributed by atoms with E-state index in [1.807, 2.05) is 60.7 Å². The number of rotatable bonds is 6. The lowest BCUT2D eigenvalue weighted by Crippen LogP contribution is -2.45. The van der Waals surface area contributed by atoms with Crippen LogP contribution in [0.5, 0.6) is 0 Å². The summed E-state index contributed by atoms with van der Waals surface area (Å²) in [4.78, 5) is 46.8. The number of nitrogens with zero attached hydrogens (tertiary/aromatic N) is 6. The Morgan fingerprint density at radius 2 is 1.13 bits per heavy atom. The second-order valence-electron chi connectivity index (χ2n) is 13.2. The van der Waals surface area contributed by atoms with E-state index in [1.54, 1.807) is 12.7 Å². The first-order valence-corrected chi connectivity index (χ1v) is 19.5. The van der Waals surface area contributed by atoms with Crippen molar-refractivity contribution in [2.24, 2.45) is 0 Å². The fourth-order valence-corrected chi connectivity index (χ4v) is 7.75. The third-order valence-corrected chi connectivity index (χ3v) is 11.1. The lowest BCUT2D eigenvalue weighted by Gasteiger charge is -2.33. The Labute approximate surface area is 335 Å². The average Bonchev–Trinajstić information content (AvgIpc) is 3.18. The van der Waals surface area contributed by atoms with Gasteiger partial charge in [-0.3, -0.25) is 9.59 Å². The maximum Gasteiger partial charge on any atom is 0.252 e. The fraction of sp³-hybridized carbons (Fsp3) is 0.250. The van der Waals surface area contributed by atoms with Gasteiger partial charge in [0.05, 0.1) is 16.6 Å². The minimum Gasteiger partial charge on any atom is -0.356 e. The predicted molar refractivity (Wildman–Crippen MR) is 220 cm³/mol. The monoisotopic (exact) mass is 876 g/mol. The summed E-state index contributed by atoms with van der Waals surface area (Å²) in [6, 6.07) is 24.8. The normalized spacial score (nSPS) is 15.1. The van der Waals surface area contributed by atoms with Crippen LogP contribution in [0, 0.1) is 9.39 Å². The second kappa shape index (κ2) is 17.2. The molecule has 14 heteroatoms. The van der Waals surface area contributed by atoms with Gasteiger partial charge in [-0.2, -0.15) is 0 Å². The molecule has 0 spiro atoms. The number of aromatic nitrogens is 4. The van der Waals surface area contributed by atoms with Gasteiger partial charge in [-0.15, -0.1) is 0 Å². The Balaban J connectivity index is 0.000000167. The zero-order chi connectivity index (χ0) is 37.6. The molecule has 0 unspecified atom stereocenters. The van der Waals surface area contributed by atoms with E-state index in [0.29, 0.717) is 15.6 Å². The van der Waals surface area contributed by atoms with Crippen LogP contribution >= 0.6 is 45.8 Å². The molecule has 0 bridgehead atoms. The molecular weight excluding hydrogens is 841 g/mol. The summed E-state index contributed by atoms with van der Waals surface area (Å²) in [7, 11) is 0. The third-order valence-electron chi connectivity index (χ3n) is 9.64. The van der Waals surface area contributed by atoms with E-state index in [4.69, 9.17) is 23.2 Å². The van der Waals surface area contributed by atoms with Crippen LogP contribution in [0.2, 0.25) is 10.0 Å². The van der Waals surface area contributed by atoms with Crippen molar-refractivity contribution in [3.8, 4) is 0 Å². The summed E-state index contributed by atoms with van der Waals surface area (Å²) in [5.74, 6) is 1.30. The van der Waals surface area contributed by atoms with E-state index in [9.17, 15) is 14.0 Å². The first-order chi connectivity index (χ1) is 26.2. The highest BCUT2D eigenvalue weighted by Gasteiger charge is 2.25. The highest BCUT2D eigenvalue weighted by atomic mass is 127. The molecule has 0 atom stereocenters. The van der Waals surface area contributed by atoms with Gasteiger partial charge in [-0.1, -0.05) is 35.3 Å². The summed E-state index contributed by atoms with van der Waals surface area (Å²) in [5, 5.41) is 9.49. The molecule has 2 saturated heterocycles. The lowest BCUT2D eigenvalue weighted by atomic mass is 10.0. The van der Waals surface area contributed by atoms with Crippen LogP contribution in [-0.2, 0) is 0 Å². The van der Waals surface area contributed by atoms with E-state index in [0.717, 1.165) is 94.4 Å². The lowest BCUT2D eigenvalue weighted by molar-refractivity contribution is 0.0922. The van der Waals surface area contributed by atoms with Crippen LogP contribution in [0.3, 0.4) is 0 Å². The van der Waals surface area contributed by atoms with Crippen LogP contribution in [0.4, 0.5) is 16.0 Å². The maximum absolute atomic E-state index is 13.0. The Kier molecular flexibility index (Phi) is 12.0. The van der Waals surface area contributed by atoms with Crippen molar-refractivity contribution in [3.63, 3.8) is 0 Å². The zero-order valence-corrected chi connectivity index (χ0v) is 32.7. The number of nitrogens with one attached hydrogen (secondary N) is 2. The standard InChI is InChI=1S/C20H18ClFN4O.C20H18ClIN4O/c21-14-3-6-17-18(11-14)23-12-24-19(17)26-9-7-16(8-10-26)25-20(27)13-1-4-15(22)5-2-13;21-13-5-6-16-18(11-13)23-12-24-19(16)26-9-7-14(8-10-26)25-20(27)15-3-1-2-4-17(15)22/h1-6,11-12,16H,7-10H2,(H,25,27);1-6,11-12,14H,7-10H2,(H,25,27). The van der Waals surface area contributed by atoms with Gasteiger partial charge in [-0.05, 0) is 121 Å². The number of benzene rings is 4. The molecule has 10 nitrogen and oxygen atoms in total. The molecule has 4 aromatic carbocycles. The quantitative estimate of drug-likeness (QED) is 0.162. The van der Waals surface area contributed by atoms with E-state index in [1.165, 1.54) is 24.3 Å². The Morgan fingerprint density at radius 3 is 1.63 bits per heavy atom. The molecule has 0 radical (unpaired) electrons. The molecule has 2 amide bonds. The van der Waals surface area contributed by atoms with Crippen LogP contribution in [-0.4, -0.2) is 70.0 Å². The number of carbonyl (C=O) groups is 2. The number of amides is 2. The molecule has 4 heterocycles. The summed E-state index contributed by atoms with van der Waals surface area (Å²) >= 11 is 14.3. The molecule has 2 fully saturated rings. The number of fused-ring (bicyclic) bond motifs is 2. The van der Waals surface area contributed by atoms with Gasteiger partial charge in [0.1, 0.15) is 30.1 Å². The van der Waals surface area contributed by atoms with Gasteiger partial charge in [0.25, 0.3) is 11.8 Å². The van der Waals surface area contributed by atoms with Crippen molar-refractivity contribution in [2.75, 3.05) is 36.0 Å². The topological polar surface area (TPSA) is 116 Å². The summed E-state index contributed by atoms with van der Waals surface area (Å²) in [6.45, 7) is 3.24. The van der Waals surface area contributed by atoms with Crippen LogP contribution in [0.25, 0.3) is 21.8 Å². The van der Waals surface area contributed by atoms with Crippen molar-refractivity contribution in [3.05, 3.63) is 128 Å². The van der Waals surface area contributed by atoms with Gasteiger partial charge in [0.2, 0.25) is 0 Å². The smallest absolute Gasteiger partial charge is 0.252 e. The highest BCUT2D eigenvalue weighted by molar-refractivity contribution is 14.1. The molecule has 276 valence electrons. The van der Waals surface area contributed by atoms with Crippen LogP contribution in [0.15, 0.2) is 97.6 Å². The summed E-state index contributed by atoms with van der Waals surface area (Å²) in [5.41, 5.74) is 2.87. The number of hydrogen-bond donors (Lipinski definition) is 2. The van der Waals surface area contributed by atoms with Gasteiger partial charge in [-0.25, -0.2) is 24.3 Å².